The number of nitrogens with zero attached hydrogens (tertiary/aromatic N) is 2. The highest BCUT2D eigenvalue weighted by atomic mass is 35.5. The molecule has 2 aromatic rings. The molecule has 0 radical (unpaired) electrons. The van der Waals surface area contributed by atoms with Crippen molar-refractivity contribution in [2.75, 3.05) is 26.3 Å². The van der Waals surface area contributed by atoms with Crippen LogP contribution >= 0.6 is 35.0 Å². The number of amides is 1. The Morgan fingerprint density at radius 3 is 2.73 bits per heavy atom. The van der Waals surface area contributed by atoms with Gasteiger partial charge in [0.15, 0.2) is 5.17 Å². The fourth-order valence-electron chi connectivity index (χ4n) is 2.68. The summed E-state index contributed by atoms with van der Waals surface area (Å²) in [4.78, 5) is 18.9. The zero-order valence-electron chi connectivity index (χ0n) is 13.6. The third-order valence-corrected chi connectivity index (χ3v) is 5.58. The van der Waals surface area contributed by atoms with Gasteiger partial charge in [-0.25, -0.2) is 0 Å². The Kier molecular flexibility index (Phi) is 5.09. The van der Waals surface area contributed by atoms with E-state index in [1.54, 1.807) is 30.3 Å². The number of rotatable bonds is 2. The van der Waals surface area contributed by atoms with Crippen LogP contribution in [0.1, 0.15) is 5.76 Å². The summed E-state index contributed by atoms with van der Waals surface area (Å²) in [5.41, 5.74) is 0.747. The zero-order chi connectivity index (χ0) is 18.1. The molecule has 1 amide bonds. The Labute approximate surface area is 164 Å². The lowest BCUT2D eigenvalue weighted by atomic mass is 10.2. The number of hydrogen-bond acceptors (Lipinski definition) is 5. The molecule has 134 valence electrons. The van der Waals surface area contributed by atoms with Crippen LogP contribution in [0.3, 0.4) is 0 Å². The van der Waals surface area contributed by atoms with Gasteiger partial charge in [-0.1, -0.05) is 23.2 Å². The molecule has 26 heavy (non-hydrogen) atoms. The summed E-state index contributed by atoms with van der Waals surface area (Å²) in [6, 6.07) is 8.83. The van der Waals surface area contributed by atoms with Crippen molar-refractivity contribution in [3.8, 4) is 11.3 Å². The Morgan fingerprint density at radius 1 is 1.15 bits per heavy atom. The molecule has 4 rings (SSSR count). The maximum Gasteiger partial charge on any atom is 0.286 e. The summed E-state index contributed by atoms with van der Waals surface area (Å²) in [6.45, 7) is 2.78. The largest absolute Gasteiger partial charge is 0.457 e. The number of carbonyl (C=O) groups excluding carboxylic acids is 1. The van der Waals surface area contributed by atoms with Crippen molar-refractivity contribution < 1.29 is 13.9 Å². The molecule has 0 atom stereocenters. The van der Waals surface area contributed by atoms with E-state index in [2.05, 4.69) is 9.89 Å². The molecule has 0 bridgehead atoms. The van der Waals surface area contributed by atoms with Crippen LogP contribution in [0, 0.1) is 0 Å². The van der Waals surface area contributed by atoms with Gasteiger partial charge in [0.1, 0.15) is 11.5 Å². The number of thioether (sulfide) groups is 1. The van der Waals surface area contributed by atoms with Crippen LogP contribution < -0.4 is 0 Å². The molecule has 1 aromatic heterocycles. The second-order valence-corrected chi connectivity index (χ2v) is 7.59. The van der Waals surface area contributed by atoms with Crippen LogP contribution in [0.2, 0.25) is 10.0 Å². The molecule has 0 saturated carbocycles. The van der Waals surface area contributed by atoms with Crippen molar-refractivity contribution in [3.63, 3.8) is 0 Å². The van der Waals surface area contributed by atoms with E-state index in [1.165, 1.54) is 11.8 Å². The minimum Gasteiger partial charge on any atom is -0.457 e. The van der Waals surface area contributed by atoms with Crippen molar-refractivity contribution in [2.45, 2.75) is 0 Å². The molecule has 0 aliphatic carbocycles. The second-order valence-electron chi connectivity index (χ2n) is 5.74. The normalized spacial score (nSPS) is 19.3. The Morgan fingerprint density at radius 2 is 1.96 bits per heavy atom. The third-order valence-electron chi connectivity index (χ3n) is 3.99. The van der Waals surface area contributed by atoms with Gasteiger partial charge in [-0.2, -0.15) is 4.99 Å². The van der Waals surface area contributed by atoms with E-state index < -0.39 is 0 Å². The monoisotopic (exact) mass is 408 g/mol. The topological polar surface area (TPSA) is 55.0 Å². The summed E-state index contributed by atoms with van der Waals surface area (Å²) in [5, 5.41) is 1.79. The first-order valence-corrected chi connectivity index (χ1v) is 9.58. The van der Waals surface area contributed by atoms with Crippen molar-refractivity contribution in [2.24, 2.45) is 4.99 Å². The zero-order valence-corrected chi connectivity index (χ0v) is 15.9. The lowest BCUT2D eigenvalue weighted by Gasteiger charge is -2.27. The van der Waals surface area contributed by atoms with Crippen molar-refractivity contribution in [1.29, 1.82) is 0 Å². The molecule has 0 N–H and O–H groups in total. The number of benzene rings is 1. The summed E-state index contributed by atoms with van der Waals surface area (Å²) in [6.07, 6.45) is 1.71. The van der Waals surface area contributed by atoms with Gasteiger partial charge in [0, 0.05) is 29.8 Å². The van der Waals surface area contributed by atoms with Crippen molar-refractivity contribution >= 4 is 52.1 Å². The van der Waals surface area contributed by atoms with Gasteiger partial charge in [0.25, 0.3) is 5.91 Å². The maximum atomic E-state index is 12.2. The Hall–Kier alpha value is -1.73. The first kappa shape index (κ1) is 17.7. The van der Waals surface area contributed by atoms with Crippen LogP contribution in [-0.4, -0.2) is 42.3 Å². The van der Waals surface area contributed by atoms with E-state index in [0.29, 0.717) is 39.7 Å². The Balaban J connectivity index is 1.52. The molecule has 5 nitrogen and oxygen atoms in total. The molecule has 0 unspecified atom stereocenters. The number of ether oxygens (including phenoxy) is 1. The number of hydrogen-bond donors (Lipinski definition) is 0. The number of halogens is 2. The van der Waals surface area contributed by atoms with Gasteiger partial charge in [0.2, 0.25) is 0 Å². The first-order valence-electron chi connectivity index (χ1n) is 8.01. The smallest absolute Gasteiger partial charge is 0.286 e. The van der Waals surface area contributed by atoms with E-state index >= 15 is 0 Å². The maximum absolute atomic E-state index is 12.2. The number of morpholine rings is 1. The fourth-order valence-corrected chi connectivity index (χ4v) is 4.13. The minimum atomic E-state index is -0.251. The van der Waals surface area contributed by atoms with Crippen LogP contribution in [0.4, 0.5) is 0 Å². The number of furan rings is 1. The van der Waals surface area contributed by atoms with Gasteiger partial charge in [0.05, 0.1) is 23.1 Å². The lowest BCUT2D eigenvalue weighted by molar-refractivity contribution is -0.113. The second kappa shape index (κ2) is 7.48. The van der Waals surface area contributed by atoms with Gasteiger partial charge < -0.3 is 14.1 Å². The minimum absolute atomic E-state index is 0.251. The van der Waals surface area contributed by atoms with Crippen LogP contribution in [0.15, 0.2) is 44.6 Å². The van der Waals surface area contributed by atoms with E-state index in [4.69, 9.17) is 32.4 Å². The van der Waals surface area contributed by atoms with Crippen LogP contribution in [0.25, 0.3) is 17.4 Å². The molecular formula is C18H14Cl2N2O3S. The molecule has 1 fully saturated rings. The fraction of sp³-hybridized carbons (Fsp3) is 0.222. The lowest BCUT2D eigenvalue weighted by Crippen LogP contribution is -2.38. The number of amidine groups is 1. The molecular weight excluding hydrogens is 395 g/mol. The molecule has 1 aromatic carbocycles. The van der Waals surface area contributed by atoms with Gasteiger partial charge in [-0.15, -0.1) is 0 Å². The van der Waals surface area contributed by atoms with Gasteiger partial charge in [-0.05, 0) is 42.1 Å². The SMILES string of the molecule is O=C1N=C(N2CCOCC2)SC1=Cc1ccc(-c2ccc(Cl)cc2Cl)o1. The summed E-state index contributed by atoms with van der Waals surface area (Å²) >= 11 is 13.5. The molecule has 3 heterocycles. The molecule has 2 aliphatic rings. The standard InChI is InChI=1S/C18H14Cl2N2O3S/c19-11-1-3-13(14(20)9-11)15-4-2-12(25-15)10-16-17(23)21-18(26-16)22-5-7-24-8-6-22/h1-4,9-10H,5-8H2. The predicted molar refractivity (Wildman–Crippen MR) is 105 cm³/mol. The van der Waals surface area contributed by atoms with E-state index in [1.807, 2.05) is 6.07 Å². The van der Waals surface area contributed by atoms with Crippen LogP contribution in [-0.2, 0) is 9.53 Å². The third kappa shape index (κ3) is 3.69. The van der Waals surface area contributed by atoms with Crippen molar-refractivity contribution in [1.82, 2.24) is 4.90 Å². The Bertz CT molecular complexity index is 917. The molecule has 1 saturated heterocycles. The first-order chi connectivity index (χ1) is 12.6. The molecule has 8 heteroatoms. The number of aliphatic imine (C=N–C) groups is 1. The van der Waals surface area contributed by atoms with E-state index in [-0.39, 0.29) is 5.91 Å². The van der Waals surface area contributed by atoms with Crippen LogP contribution in [0.5, 0.6) is 0 Å². The van der Waals surface area contributed by atoms with E-state index in [9.17, 15) is 4.79 Å². The van der Waals surface area contributed by atoms with Gasteiger partial charge in [-0.3, -0.25) is 4.79 Å². The summed E-state index contributed by atoms with van der Waals surface area (Å²) in [5.74, 6) is 0.933. The number of carbonyl (C=O) groups is 1. The molecule has 0 spiro atoms. The quantitative estimate of drug-likeness (QED) is 0.681. The summed E-state index contributed by atoms with van der Waals surface area (Å²) in [7, 11) is 0. The predicted octanol–water partition coefficient (Wildman–Crippen LogP) is 4.56. The van der Waals surface area contributed by atoms with E-state index in [0.717, 1.165) is 23.8 Å². The summed E-state index contributed by atoms with van der Waals surface area (Å²) < 4.78 is 11.2. The van der Waals surface area contributed by atoms with Gasteiger partial charge >= 0.3 is 0 Å². The molecule has 2 aliphatic heterocycles. The highest BCUT2D eigenvalue weighted by Gasteiger charge is 2.27. The highest BCUT2D eigenvalue weighted by Crippen LogP contribution is 2.34. The highest BCUT2D eigenvalue weighted by molar-refractivity contribution is 8.18. The average molecular weight is 409 g/mol. The average Bonchev–Trinajstić information content (AvgIpc) is 3.23. The van der Waals surface area contributed by atoms with Crippen molar-refractivity contribution in [3.05, 3.63) is 51.0 Å².